The molecule has 4 heteroatoms. The third kappa shape index (κ3) is 5.40. The zero-order valence-electron chi connectivity index (χ0n) is 16.2. The van der Waals surface area contributed by atoms with Crippen molar-refractivity contribution in [2.45, 2.75) is 64.1 Å². The maximum Gasteiger partial charge on any atom is 0.160 e. The van der Waals surface area contributed by atoms with Gasteiger partial charge in [0.05, 0.1) is 18.8 Å². The predicted octanol–water partition coefficient (Wildman–Crippen LogP) is 5.71. The van der Waals surface area contributed by atoms with Crippen molar-refractivity contribution in [3.05, 3.63) is 47.3 Å². The molecule has 1 saturated heterocycles. The van der Waals surface area contributed by atoms with Gasteiger partial charge in [-0.1, -0.05) is 25.1 Å². The number of rotatable bonds is 6. The van der Waals surface area contributed by atoms with Gasteiger partial charge in [0, 0.05) is 11.8 Å². The third-order valence-corrected chi connectivity index (χ3v) is 5.88. The average molecular weight is 371 g/mol. The summed E-state index contributed by atoms with van der Waals surface area (Å²) in [6.45, 7) is 3.75. The van der Waals surface area contributed by atoms with E-state index in [2.05, 4.69) is 19.1 Å². The van der Waals surface area contributed by atoms with Gasteiger partial charge in [-0.3, -0.25) is 0 Å². The first kappa shape index (κ1) is 20.0. The Labute approximate surface area is 162 Å². The standard InChI is InChI=1S/C23H30FNO2/c1-2-3-4-5-6-17-15-26-23(27-16-17)19-9-7-18(8-10-19)20-11-12-21(14-25)22(24)13-20/h3-4,11-13,17-19,23H,2,5-10,15-16H2,1H3/b4-3+. The van der Waals surface area contributed by atoms with Gasteiger partial charge < -0.3 is 9.47 Å². The lowest BCUT2D eigenvalue weighted by Crippen LogP contribution is -2.38. The number of allylic oxidation sites excluding steroid dienone is 2. The second-order valence-corrected chi connectivity index (χ2v) is 7.82. The molecule has 0 unspecified atom stereocenters. The van der Waals surface area contributed by atoms with Gasteiger partial charge in [-0.15, -0.1) is 0 Å². The van der Waals surface area contributed by atoms with E-state index in [0.717, 1.165) is 63.7 Å². The molecular weight excluding hydrogens is 341 g/mol. The summed E-state index contributed by atoms with van der Waals surface area (Å²) in [5.74, 6) is 0.896. The van der Waals surface area contributed by atoms with Crippen molar-refractivity contribution >= 4 is 0 Å². The second-order valence-electron chi connectivity index (χ2n) is 7.82. The van der Waals surface area contributed by atoms with Crippen LogP contribution >= 0.6 is 0 Å². The molecule has 1 saturated carbocycles. The Hall–Kier alpha value is -1.70. The zero-order valence-corrected chi connectivity index (χ0v) is 16.2. The van der Waals surface area contributed by atoms with E-state index in [4.69, 9.17) is 14.7 Å². The summed E-state index contributed by atoms with van der Waals surface area (Å²) in [6, 6.07) is 6.92. The van der Waals surface area contributed by atoms with Gasteiger partial charge in [-0.2, -0.15) is 5.26 Å². The third-order valence-electron chi connectivity index (χ3n) is 5.88. The molecule has 1 aliphatic carbocycles. The zero-order chi connectivity index (χ0) is 19.1. The van der Waals surface area contributed by atoms with Crippen LogP contribution in [0.25, 0.3) is 0 Å². The summed E-state index contributed by atoms with van der Waals surface area (Å²) in [4.78, 5) is 0. The molecule has 1 aromatic carbocycles. The van der Waals surface area contributed by atoms with Gasteiger partial charge in [-0.05, 0) is 68.6 Å². The number of ether oxygens (including phenoxy) is 2. The Balaban J connectivity index is 1.43. The molecule has 0 atom stereocenters. The summed E-state index contributed by atoms with van der Waals surface area (Å²) in [5, 5.41) is 8.87. The largest absolute Gasteiger partial charge is 0.352 e. The second kappa shape index (κ2) is 10.0. The quantitative estimate of drug-likeness (QED) is 0.602. The van der Waals surface area contributed by atoms with Crippen LogP contribution in [0.2, 0.25) is 0 Å². The molecule has 1 aromatic rings. The maximum atomic E-state index is 13.9. The fourth-order valence-corrected chi connectivity index (χ4v) is 4.21. The van der Waals surface area contributed by atoms with Crippen LogP contribution in [0.15, 0.2) is 30.4 Å². The topological polar surface area (TPSA) is 42.2 Å². The molecule has 0 bridgehead atoms. The summed E-state index contributed by atoms with van der Waals surface area (Å²) >= 11 is 0. The molecule has 2 fully saturated rings. The molecule has 3 rings (SSSR count). The Bertz CT molecular complexity index is 665. The number of halogens is 1. The smallest absolute Gasteiger partial charge is 0.160 e. The van der Waals surface area contributed by atoms with Gasteiger partial charge in [-0.25, -0.2) is 4.39 Å². The van der Waals surface area contributed by atoms with E-state index in [9.17, 15) is 4.39 Å². The molecule has 2 aliphatic rings. The number of nitrogens with zero attached hydrogens (tertiary/aromatic N) is 1. The van der Waals surface area contributed by atoms with E-state index in [1.165, 1.54) is 6.07 Å². The predicted molar refractivity (Wildman–Crippen MR) is 104 cm³/mol. The van der Waals surface area contributed by atoms with Crippen LogP contribution < -0.4 is 0 Å². The van der Waals surface area contributed by atoms with E-state index in [1.807, 2.05) is 12.1 Å². The van der Waals surface area contributed by atoms with E-state index in [-0.39, 0.29) is 11.9 Å². The summed E-state index contributed by atoms with van der Waals surface area (Å²) in [6.07, 6.45) is 11.8. The highest BCUT2D eigenvalue weighted by Crippen LogP contribution is 2.39. The summed E-state index contributed by atoms with van der Waals surface area (Å²) in [5.41, 5.74) is 1.13. The number of hydrogen-bond donors (Lipinski definition) is 0. The van der Waals surface area contributed by atoms with Crippen molar-refractivity contribution in [1.82, 2.24) is 0 Å². The van der Waals surface area contributed by atoms with Crippen LogP contribution in [0, 0.1) is 29.0 Å². The average Bonchev–Trinajstić information content (AvgIpc) is 2.72. The lowest BCUT2D eigenvalue weighted by Gasteiger charge is -2.37. The Morgan fingerprint density at radius 3 is 2.52 bits per heavy atom. The van der Waals surface area contributed by atoms with Gasteiger partial charge in [0.25, 0.3) is 0 Å². The highest BCUT2D eigenvalue weighted by molar-refractivity contribution is 5.34. The van der Waals surface area contributed by atoms with Crippen molar-refractivity contribution in [1.29, 1.82) is 5.26 Å². The first-order chi connectivity index (χ1) is 13.2. The Morgan fingerprint density at radius 2 is 1.89 bits per heavy atom. The van der Waals surface area contributed by atoms with E-state index in [1.54, 1.807) is 6.07 Å². The van der Waals surface area contributed by atoms with Gasteiger partial charge in [0.1, 0.15) is 11.9 Å². The molecule has 0 amide bonds. The maximum absolute atomic E-state index is 13.9. The molecule has 1 heterocycles. The summed E-state index contributed by atoms with van der Waals surface area (Å²) in [7, 11) is 0. The minimum Gasteiger partial charge on any atom is -0.352 e. The van der Waals surface area contributed by atoms with Crippen LogP contribution in [-0.4, -0.2) is 19.5 Å². The van der Waals surface area contributed by atoms with Crippen LogP contribution in [0.5, 0.6) is 0 Å². The van der Waals surface area contributed by atoms with Crippen LogP contribution in [0.4, 0.5) is 4.39 Å². The van der Waals surface area contributed by atoms with Gasteiger partial charge >= 0.3 is 0 Å². The normalized spacial score (nSPS) is 28.9. The van der Waals surface area contributed by atoms with E-state index < -0.39 is 5.82 Å². The van der Waals surface area contributed by atoms with Crippen LogP contribution in [-0.2, 0) is 9.47 Å². The Kier molecular flexibility index (Phi) is 7.43. The molecule has 1 aliphatic heterocycles. The minimum atomic E-state index is -0.407. The monoisotopic (exact) mass is 371 g/mol. The molecule has 27 heavy (non-hydrogen) atoms. The lowest BCUT2D eigenvalue weighted by molar-refractivity contribution is -0.229. The first-order valence-corrected chi connectivity index (χ1v) is 10.3. The number of hydrogen-bond acceptors (Lipinski definition) is 3. The van der Waals surface area contributed by atoms with E-state index in [0.29, 0.717) is 17.8 Å². The van der Waals surface area contributed by atoms with Crippen molar-refractivity contribution in [2.75, 3.05) is 13.2 Å². The molecule has 0 spiro atoms. The Morgan fingerprint density at radius 1 is 1.15 bits per heavy atom. The molecule has 0 aromatic heterocycles. The molecule has 3 nitrogen and oxygen atoms in total. The van der Waals surface area contributed by atoms with Crippen molar-refractivity contribution in [3.63, 3.8) is 0 Å². The van der Waals surface area contributed by atoms with Gasteiger partial charge in [0.15, 0.2) is 6.29 Å². The van der Waals surface area contributed by atoms with Crippen molar-refractivity contribution < 1.29 is 13.9 Å². The lowest BCUT2D eigenvalue weighted by atomic mass is 9.78. The molecule has 0 radical (unpaired) electrons. The van der Waals surface area contributed by atoms with E-state index >= 15 is 0 Å². The van der Waals surface area contributed by atoms with Crippen LogP contribution in [0.1, 0.15) is 68.9 Å². The minimum absolute atomic E-state index is 0.0777. The fraction of sp³-hybridized carbons (Fsp3) is 0.609. The number of nitriles is 1. The number of benzene rings is 1. The van der Waals surface area contributed by atoms with Crippen molar-refractivity contribution in [2.24, 2.45) is 11.8 Å². The van der Waals surface area contributed by atoms with Crippen molar-refractivity contribution in [3.8, 4) is 6.07 Å². The summed E-state index contributed by atoms with van der Waals surface area (Å²) < 4.78 is 25.9. The highest BCUT2D eigenvalue weighted by atomic mass is 19.1. The SMILES string of the molecule is CC/C=C/CCC1COC(C2CCC(c3ccc(C#N)c(F)c3)CC2)OC1. The van der Waals surface area contributed by atoms with Crippen LogP contribution in [0.3, 0.4) is 0 Å². The fourth-order valence-electron chi connectivity index (χ4n) is 4.21. The molecule has 146 valence electrons. The molecule has 0 N–H and O–H groups in total. The molecular formula is C23H30FNO2. The van der Waals surface area contributed by atoms with Gasteiger partial charge in [0.2, 0.25) is 0 Å². The highest BCUT2D eigenvalue weighted by Gasteiger charge is 2.32. The first-order valence-electron chi connectivity index (χ1n) is 10.3.